The Morgan fingerprint density at radius 2 is 1.82 bits per heavy atom. The number of benzene rings is 2. The second-order valence-electron chi connectivity index (χ2n) is 7.07. The van der Waals surface area contributed by atoms with Gasteiger partial charge in [0, 0.05) is 23.6 Å². The minimum atomic E-state index is -0.686. The van der Waals surface area contributed by atoms with Gasteiger partial charge in [0.15, 0.2) is 0 Å². The Morgan fingerprint density at radius 3 is 2.46 bits per heavy atom. The van der Waals surface area contributed by atoms with E-state index in [1.807, 2.05) is 37.3 Å². The van der Waals surface area contributed by atoms with Crippen LogP contribution in [0.5, 0.6) is 0 Å². The Hall–Kier alpha value is -2.37. The van der Waals surface area contributed by atoms with Gasteiger partial charge in [-0.1, -0.05) is 41.9 Å². The highest BCUT2D eigenvalue weighted by molar-refractivity contribution is 6.30. The molecule has 1 saturated heterocycles. The van der Waals surface area contributed by atoms with E-state index < -0.39 is 6.04 Å². The minimum absolute atomic E-state index is 0.0216. The first-order chi connectivity index (χ1) is 13.5. The molecule has 5 nitrogen and oxygen atoms in total. The lowest BCUT2D eigenvalue weighted by Gasteiger charge is -2.24. The fourth-order valence-corrected chi connectivity index (χ4v) is 3.44. The summed E-state index contributed by atoms with van der Waals surface area (Å²) in [6.45, 7) is 2.67. The van der Waals surface area contributed by atoms with Gasteiger partial charge in [-0.05, 0) is 49.6 Å². The maximum Gasteiger partial charge on any atom is 0.251 e. The van der Waals surface area contributed by atoms with Crippen LogP contribution in [0.4, 0.5) is 0 Å². The summed E-state index contributed by atoms with van der Waals surface area (Å²) in [4.78, 5) is 25.6. The third-order valence-corrected chi connectivity index (χ3v) is 5.16. The molecule has 0 aromatic heterocycles. The van der Waals surface area contributed by atoms with Crippen molar-refractivity contribution in [3.05, 3.63) is 70.7 Å². The summed E-state index contributed by atoms with van der Waals surface area (Å²) < 4.78 is 5.66. The van der Waals surface area contributed by atoms with Gasteiger partial charge in [-0.25, -0.2) is 0 Å². The predicted octanol–water partition coefficient (Wildman–Crippen LogP) is 3.36. The summed E-state index contributed by atoms with van der Waals surface area (Å²) in [6, 6.07) is 15.4. The van der Waals surface area contributed by atoms with Gasteiger partial charge < -0.3 is 15.4 Å². The fourth-order valence-electron chi connectivity index (χ4n) is 3.32. The van der Waals surface area contributed by atoms with E-state index in [2.05, 4.69) is 10.6 Å². The second kappa shape index (κ2) is 9.71. The van der Waals surface area contributed by atoms with Crippen molar-refractivity contribution in [2.75, 3.05) is 6.61 Å². The summed E-state index contributed by atoms with van der Waals surface area (Å²) in [7, 11) is 0. The third-order valence-electron chi connectivity index (χ3n) is 4.90. The number of carbonyl (C=O) groups excluding carboxylic acids is 2. The quantitative estimate of drug-likeness (QED) is 0.748. The van der Waals surface area contributed by atoms with E-state index in [4.69, 9.17) is 16.3 Å². The molecule has 28 heavy (non-hydrogen) atoms. The molecule has 0 unspecified atom stereocenters. The van der Waals surface area contributed by atoms with E-state index in [0.717, 1.165) is 25.0 Å². The number of halogens is 1. The summed E-state index contributed by atoms with van der Waals surface area (Å²) >= 11 is 5.89. The van der Waals surface area contributed by atoms with Crippen molar-refractivity contribution in [3.8, 4) is 0 Å². The highest BCUT2D eigenvalue weighted by Crippen LogP contribution is 2.16. The van der Waals surface area contributed by atoms with E-state index in [-0.39, 0.29) is 24.0 Å². The topological polar surface area (TPSA) is 67.4 Å². The van der Waals surface area contributed by atoms with E-state index >= 15 is 0 Å². The molecule has 0 saturated carbocycles. The van der Waals surface area contributed by atoms with Crippen molar-refractivity contribution in [2.24, 2.45) is 0 Å². The lowest BCUT2D eigenvalue weighted by molar-refractivity contribution is -0.124. The van der Waals surface area contributed by atoms with Crippen molar-refractivity contribution < 1.29 is 14.3 Å². The highest BCUT2D eigenvalue weighted by atomic mass is 35.5. The second-order valence-corrected chi connectivity index (χ2v) is 7.51. The van der Waals surface area contributed by atoms with E-state index in [1.165, 1.54) is 0 Å². The largest absolute Gasteiger partial charge is 0.376 e. The van der Waals surface area contributed by atoms with Crippen LogP contribution in [-0.4, -0.2) is 36.6 Å². The van der Waals surface area contributed by atoms with Gasteiger partial charge in [-0.15, -0.1) is 0 Å². The van der Waals surface area contributed by atoms with Gasteiger partial charge in [0.1, 0.15) is 6.04 Å². The van der Waals surface area contributed by atoms with Crippen LogP contribution >= 0.6 is 11.6 Å². The normalized spacial score (nSPS) is 18.3. The maximum absolute atomic E-state index is 12.9. The number of hydrogen-bond acceptors (Lipinski definition) is 3. The van der Waals surface area contributed by atoms with Crippen LogP contribution in [0.15, 0.2) is 54.6 Å². The van der Waals surface area contributed by atoms with E-state index in [9.17, 15) is 9.59 Å². The summed E-state index contributed by atoms with van der Waals surface area (Å²) in [6.07, 6.45) is 2.37. The standard InChI is InChI=1S/C22H25ClN2O3/c1-15(20-8-5-13-28-20)24-22(27)19(14-16-6-3-2-4-7-16)25-21(26)17-9-11-18(23)12-10-17/h2-4,6-7,9-12,15,19-20H,5,8,13-14H2,1H3,(H,24,27)(H,25,26)/t15-,19-,20+/m0/s1. The number of ether oxygens (including phenoxy) is 1. The molecule has 1 fully saturated rings. The van der Waals surface area contributed by atoms with Crippen molar-refractivity contribution in [3.63, 3.8) is 0 Å². The number of nitrogens with one attached hydrogen (secondary N) is 2. The zero-order valence-corrected chi connectivity index (χ0v) is 16.6. The Morgan fingerprint density at radius 1 is 1.11 bits per heavy atom. The van der Waals surface area contributed by atoms with Crippen LogP contribution in [0.2, 0.25) is 5.02 Å². The number of amides is 2. The molecule has 3 rings (SSSR count). The molecule has 0 spiro atoms. The zero-order chi connectivity index (χ0) is 19.9. The molecule has 0 radical (unpaired) electrons. The van der Waals surface area contributed by atoms with Gasteiger partial charge in [0.25, 0.3) is 5.91 Å². The molecule has 0 bridgehead atoms. The number of hydrogen-bond donors (Lipinski definition) is 2. The molecule has 0 aliphatic carbocycles. The van der Waals surface area contributed by atoms with Crippen LogP contribution in [0.1, 0.15) is 35.7 Å². The monoisotopic (exact) mass is 400 g/mol. The Bertz CT molecular complexity index is 789. The van der Waals surface area contributed by atoms with Gasteiger partial charge in [0.05, 0.1) is 12.1 Å². The van der Waals surface area contributed by atoms with Crippen LogP contribution in [0.25, 0.3) is 0 Å². The summed E-state index contributed by atoms with van der Waals surface area (Å²) in [5.41, 5.74) is 1.44. The van der Waals surface area contributed by atoms with Gasteiger partial charge in [0.2, 0.25) is 5.91 Å². The van der Waals surface area contributed by atoms with E-state index in [0.29, 0.717) is 17.0 Å². The molecule has 2 aromatic carbocycles. The first-order valence-electron chi connectivity index (χ1n) is 9.55. The average Bonchev–Trinajstić information content (AvgIpc) is 3.23. The SMILES string of the molecule is C[C@H](NC(=O)[C@H](Cc1ccccc1)NC(=O)c1ccc(Cl)cc1)[C@H]1CCCO1. The summed E-state index contributed by atoms with van der Waals surface area (Å²) in [5.74, 6) is -0.522. The molecular weight excluding hydrogens is 376 g/mol. The lowest BCUT2D eigenvalue weighted by Crippen LogP contribution is -2.52. The van der Waals surface area contributed by atoms with E-state index in [1.54, 1.807) is 24.3 Å². The molecule has 3 atom stereocenters. The first-order valence-corrected chi connectivity index (χ1v) is 9.93. The van der Waals surface area contributed by atoms with Crippen LogP contribution in [-0.2, 0) is 16.0 Å². The Kier molecular flexibility index (Phi) is 7.06. The molecule has 2 N–H and O–H groups in total. The average molecular weight is 401 g/mol. The van der Waals surface area contributed by atoms with Crippen molar-refractivity contribution in [2.45, 2.75) is 44.4 Å². The molecule has 1 heterocycles. The molecule has 2 amide bonds. The maximum atomic E-state index is 12.9. The van der Waals surface area contributed by atoms with Crippen LogP contribution in [0.3, 0.4) is 0 Å². The predicted molar refractivity (Wildman–Crippen MR) is 109 cm³/mol. The smallest absolute Gasteiger partial charge is 0.251 e. The molecule has 1 aliphatic rings. The lowest BCUT2D eigenvalue weighted by atomic mass is 10.0. The van der Waals surface area contributed by atoms with Crippen molar-refractivity contribution >= 4 is 23.4 Å². The third kappa shape index (κ3) is 5.57. The van der Waals surface area contributed by atoms with Gasteiger partial charge >= 0.3 is 0 Å². The Balaban J connectivity index is 1.71. The Labute approximate surface area is 170 Å². The van der Waals surface area contributed by atoms with Crippen LogP contribution < -0.4 is 10.6 Å². The van der Waals surface area contributed by atoms with Crippen LogP contribution in [0, 0.1) is 0 Å². The molecule has 1 aliphatic heterocycles. The molecule has 6 heteroatoms. The summed E-state index contributed by atoms with van der Waals surface area (Å²) in [5, 5.41) is 6.43. The van der Waals surface area contributed by atoms with Gasteiger partial charge in [-0.3, -0.25) is 9.59 Å². The number of rotatable bonds is 7. The minimum Gasteiger partial charge on any atom is -0.376 e. The van der Waals surface area contributed by atoms with Crippen molar-refractivity contribution in [1.29, 1.82) is 0 Å². The number of carbonyl (C=O) groups is 2. The highest BCUT2D eigenvalue weighted by Gasteiger charge is 2.28. The molecular formula is C22H25ClN2O3. The van der Waals surface area contributed by atoms with Gasteiger partial charge in [-0.2, -0.15) is 0 Å². The molecule has 2 aromatic rings. The zero-order valence-electron chi connectivity index (χ0n) is 15.9. The van der Waals surface area contributed by atoms with Crippen molar-refractivity contribution in [1.82, 2.24) is 10.6 Å². The fraction of sp³-hybridized carbons (Fsp3) is 0.364. The molecule has 148 valence electrons. The first kappa shape index (κ1) is 20.4.